The van der Waals surface area contributed by atoms with Crippen molar-refractivity contribution in [3.63, 3.8) is 0 Å². The molecule has 1 aromatic carbocycles. The van der Waals surface area contributed by atoms with Crippen LogP contribution in [0.15, 0.2) is 35.3 Å². The van der Waals surface area contributed by atoms with Gasteiger partial charge in [0, 0.05) is 15.8 Å². The first-order valence-corrected chi connectivity index (χ1v) is 7.93. The van der Waals surface area contributed by atoms with E-state index in [1.54, 1.807) is 6.08 Å². The van der Waals surface area contributed by atoms with Crippen molar-refractivity contribution in [2.75, 3.05) is 0 Å². The molecule has 0 aliphatic rings. The second-order valence-corrected chi connectivity index (χ2v) is 8.19. The zero-order valence-electron chi connectivity index (χ0n) is 11.4. The van der Waals surface area contributed by atoms with Crippen molar-refractivity contribution in [1.29, 1.82) is 0 Å². The van der Waals surface area contributed by atoms with Crippen LogP contribution in [-0.2, 0) is 11.4 Å². The number of halogens is 2. The van der Waals surface area contributed by atoms with E-state index in [1.807, 2.05) is 26.8 Å². The van der Waals surface area contributed by atoms with Gasteiger partial charge in [0.25, 0.3) is 0 Å². The standard InChI is InChI=1S/C14H19BrFNOS/c1-5-6-13(17-19(18)14(2,3)4)10-7-11(15)9-12(16)8-10/h5,7-9,13,17H,1,6H2,2-4H3. The van der Waals surface area contributed by atoms with Gasteiger partial charge in [-0.1, -0.05) is 22.0 Å². The van der Waals surface area contributed by atoms with Gasteiger partial charge in [0.05, 0.1) is 6.04 Å². The maximum atomic E-state index is 13.4. The van der Waals surface area contributed by atoms with Crippen molar-refractivity contribution in [1.82, 2.24) is 4.72 Å². The molecule has 0 aromatic heterocycles. The van der Waals surface area contributed by atoms with Gasteiger partial charge in [0.1, 0.15) is 10.6 Å². The molecule has 0 heterocycles. The largest absolute Gasteiger partial charge is 0.598 e. The lowest BCUT2D eigenvalue weighted by atomic mass is 10.0. The Morgan fingerprint density at radius 1 is 1.47 bits per heavy atom. The lowest BCUT2D eigenvalue weighted by molar-refractivity contribution is 0.522. The Bertz CT molecular complexity index is 427. The fourth-order valence-corrected chi connectivity index (χ4v) is 2.83. The minimum Gasteiger partial charge on any atom is -0.598 e. The summed E-state index contributed by atoms with van der Waals surface area (Å²) in [5.41, 5.74) is 0.754. The van der Waals surface area contributed by atoms with Crippen molar-refractivity contribution in [2.45, 2.75) is 38.0 Å². The second kappa shape index (κ2) is 6.88. The Labute approximate surface area is 125 Å². The molecule has 2 nitrogen and oxygen atoms in total. The summed E-state index contributed by atoms with van der Waals surface area (Å²) in [7, 11) is 0. The predicted molar refractivity (Wildman–Crippen MR) is 82.7 cm³/mol. The molecule has 2 atom stereocenters. The molecule has 0 bridgehead atoms. The first-order valence-electron chi connectivity index (χ1n) is 5.99. The molecule has 1 aromatic rings. The third kappa shape index (κ3) is 5.26. The monoisotopic (exact) mass is 347 g/mol. The smallest absolute Gasteiger partial charge is 0.136 e. The number of hydrogen-bond donors (Lipinski definition) is 1. The number of hydrogen-bond acceptors (Lipinski definition) is 2. The van der Waals surface area contributed by atoms with Gasteiger partial charge in [-0.15, -0.1) is 11.3 Å². The highest BCUT2D eigenvalue weighted by Gasteiger charge is 2.29. The van der Waals surface area contributed by atoms with Crippen molar-refractivity contribution < 1.29 is 8.94 Å². The van der Waals surface area contributed by atoms with E-state index < -0.39 is 11.4 Å². The van der Waals surface area contributed by atoms with Crippen molar-refractivity contribution in [2.24, 2.45) is 0 Å². The van der Waals surface area contributed by atoms with Crippen LogP contribution >= 0.6 is 15.9 Å². The van der Waals surface area contributed by atoms with Gasteiger partial charge in [0.2, 0.25) is 0 Å². The fraction of sp³-hybridized carbons (Fsp3) is 0.429. The van der Waals surface area contributed by atoms with E-state index in [4.69, 9.17) is 0 Å². The van der Waals surface area contributed by atoms with E-state index in [-0.39, 0.29) is 16.6 Å². The lowest BCUT2D eigenvalue weighted by Gasteiger charge is -2.27. The lowest BCUT2D eigenvalue weighted by Crippen LogP contribution is -2.41. The molecular formula is C14H19BrFNOS. The van der Waals surface area contributed by atoms with Gasteiger partial charge >= 0.3 is 0 Å². The third-order valence-electron chi connectivity index (χ3n) is 2.50. The summed E-state index contributed by atoms with van der Waals surface area (Å²) in [5, 5.41) is 0. The molecule has 106 valence electrons. The number of nitrogens with one attached hydrogen (secondary N) is 1. The average molecular weight is 348 g/mol. The molecule has 0 aliphatic heterocycles. The van der Waals surface area contributed by atoms with Gasteiger partial charge < -0.3 is 4.55 Å². The maximum absolute atomic E-state index is 13.4. The van der Waals surface area contributed by atoms with Crippen LogP contribution in [0.3, 0.4) is 0 Å². The molecule has 0 saturated heterocycles. The first-order chi connectivity index (χ1) is 8.74. The molecule has 5 heteroatoms. The maximum Gasteiger partial charge on any atom is 0.136 e. The average Bonchev–Trinajstić information content (AvgIpc) is 2.25. The highest BCUT2D eigenvalue weighted by atomic mass is 79.9. The molecule has 19 heavy (non-hydrogen) atoms. The quantitative estimate of drug-likeness (QED) is 0.638. The number of benzene rings is 1. The van der Waals surface area contributed by atoms with Crippen molar-refractivity contribution >= 4 is 27.3 Å². The summed E-state index contributed by atoms with van der Waals surface area (Å²) >= 11 is 2.05. The Balaban J connectivity index is 2.96. The molecule has 0 saturated carbocycles. The van der Waals surface area contributed by atoms with E-state index in [0.717, 1.165) is 5.56 Å². The van der Waals surface area contributed by atoms with E-state index in [2.05, 4.69) is 27.2 Å². The minimum atomic E-state index is -1.22. The molecule has 0 aliphatic carbocycles. The van der Waals surface area contributed by atoms with E-state index in [9.17, 15) is 8.94 Å². The predicted octanol–water partition coefficient (Wildman–Crippen LogP) is 4.26. The summed E-state index contributed by atoms with van der Waals surface area (Å²) in [4.78, 5) is 0. The summed E-state index contributed by atoms with van der Waals surface area (Å²) < 4.78 is 28.9. The van der Waals surface area contributed by atoms with E-state index in [1.165, 1.54) is 12.1 Å². The van der Waals surface area contributed by atoms with Crippen LogP contribution in [0.25, 0.3) is 0 Å². The SMILES string of the molecule is C=CCC(N[S+]([O-])C(C)(C)C)c1cc(F)cc(Br)c1. The molecule has 0 amide bonds. The molecule has 0 radical (unpaired) electrons. The van der Waals surface area contributed by atoms with Crippen LogP contribution in [0.1, 0.15) is 38.8 Å². The number of rotatable bonds is 5. The molecule has 1 N–H and O–H groups in total. The summed E-state index contributed by atoms with van der Waals surface area (Å²) in [6, 6.07) is 4.45. The van der Waals surface area contributed by atoms with E-state index in [0.29, 0.717) is 10.9 Å². The van der Waals surface area contributed by atoms with Gasteiger partial charge in [-0.05, 0) is 51.0 Å². The Morgan fingerprint density at radius 2 is 2.11 bits per heavy atom. The summed E-state index contributed by atoms with van der Waals surface area (Å²) in [6.45, 7) is 9.37. The van der Waals surface area contributed by atoms with Crippen LogP contribution in [-0.4, -0.2) is 9.30 Å². The Hall–Kier alpha value is -0.360. The third-order valence-corrected chi connectivity index (χ3v) is 4.56. The van der Waals surface area contributed by atoms with Crippen LogP contribution in [0.2, 0.25) is 0 Å². The van der Waals surface area contributed by atoms with Crippen LogP contribution < -0.4 is 4.72 Å². The zero-order chi connectivity index (χ0) is 14.6. The highest BCUT2D eigenvalue weighted by molar-refractivity contribution is 9.10. The Morgan fingerprint density at radius 3 is 2.58 bits per heavy atom. The molecule has 0 spiro atoms. The summed E-state index contributed by atoms with van der Waals surface area (Å²) in [5.74, 6) is -0.318. The zero-order valence-corrected chi connectivity index (χ0v) is 13.8. The van der Waals surface area contributed by atoms with Crippen molar-refractivity contribution in [3.05, 3.63) is 46.7 Å². The van der Waals surface area contributed by atoms with Crippen LogP contribution in [0.5, 0.6) is 0 Å². The van der Waals surface area contributed by atoms with E-state index >= 15 is 0 Å². The Kier molecular flexibility index (Phi) is 6.05. The summed E-state index contributed by atoms with van der Waals surface area (Å²) in [6.07, 6.45) is 2.31. The molecule has 1 rings (SSSR count). The highest BCUT2D eigenvalue weighted by Crippen LogP contribution is 2.26. The normalized spacial score (nSPS) is 15.1. The van der Waals surface area contributed by atoms with Gasteiger partial charge in [0.15, 0.2) is 0 Å². The second-order valence-electron chi connectivity index (χ2n) is 5.28. The van der Waals surface area contributed by atoms with Gasteiger partial charge in [-0.3, -0.25) is 0 Å². The van der Waals surface area contributed by atoms with Crippen LogP contribution in [0.4, 0.5) is 4.39 Å². The molecule has 0 fully saturated rings. The minimum absolute atomic E-state index is 0.218. The van der Waals surface area contributed by atoms with Crippen molar-refractivity contribution in [3.8, 4) is 0 Å². The van der Waals surface area contributed by atoms with Crippen LogP contribution in [0, 0.1) is 5.82 Å². The molecule has 2 unspecified atom stereocenters. The topological polar surface area (TPSA) is 35.1 Å². The molecular weight excluding hydrogens is 329 g/mol. The fourth-order valence-electron chi connectivity index (χ4n) is 1.50. The first kappa shape index (κ1) is 16.7. The van der Waals surface area contributed by atoms with Gasteiger partial charge in [-0.25, -0.2) is 4.39 Å². The van der Waals surface area contributed by atoms with Gasteiger partial charge in [-0.2, -0.15) is 0 Å².